The first-order valence-corrected chi connectivity index (χ1v) is 6.43. The molecule has 0 aliphatic carbocycles. The van der Waals surface area contributed by atoms with Gasteiger partial charge in [-0.15, -0.1) is 0 Å². The number of nitrogens with one attached hydrogen (secondary N) is 1. The van der Waals surface area contributed by atoms with Crippen LogP contribution in [0.4, 0.5) is 5.69 Å². The minimum absolute atomic E-state index is 0.00869. The highest BCUT2D eigenvalue weighted by Gasteiger charge is 2.08. The Morgan fingerprint density at radius 3 is 2.69 bits per heavy atom. The number of hydrogen-bond acceptors (Lipinski definition) is 3. The fraction of sp³-hybridized carbons (Fsp3) is 0.273. The van der Waals surface area contributed by atoms with Crippen molar-refractivity contribution < 1.29 is 13.5 Å². The third-order valence-electron chi connectivity index (χ3n) is 1.87. The van der Waals surface area contributed by atoms with Crippen LogP contribution in [0.25, 0.3) is 0 Å². The molecule has 0 atom stereocenters. The highest BCUT2D eigenvalue weighted by Crippen LogP contribution is 2.15. The molecule has 0 aromatic heterocycles. The molecule has 4 nitrogen and oxygen atoms in total. The quantitative estimate of drug-likeness (QED) is 0.766. The zero-order chi connectivity index (χ0) is 12.0. The molecule has 5 heteroatoms. The van der Waals surface area contributed by atoms with E-state index < -0.39 is 10.0 Å². The Kier molecular flexibility index (Phi) is 4.35. The predicted octanol–water partition coefficient (Wildman–Crippen LogP) is 0.792. The number of aliphatic hydroxyl groups is 1. The van der Waals surface area contributed by atoms with Gasteiger partial charge >= 0.3 is 0 Å². The van der Waals surface area contributed by atoms with Crippen molar-refractivity contribution in [1.29, 1.82) is 0 Å². The van der Waals surface area contributed by atoms with Gasteiger partial charge in [-0.1, -0.05) is 24.0 Å². The number of para-hydroxylation sites is 1. The van der Waals surface area contributed by atoms with E-state index in [1.165, 1.54) is 0 Å². The highest BCUT2D eigenvalue weighted by atomic mass is 32.2. The first-order valence-electron chi connectivity index (χ1n) is 4.78. The summed E-state index contributed by atoms with van der Waals surface area (Å²) < 4.78 is 25.2. The van der Waals surface area contributed by atoms with Crippen molar-refractivity contribution in [2.75, 3.05) is 17.1 Å². The first-order chi connectivity index (χ1) is 7.59. The smallest absolute Gasteiger partial charge is 0.232 e. The molecule has 0 fully saturated rings. The molecule has 2 N–H and O–H groups in total. The van der Waals surface area contributed by atoms with Gasteiger partial charge in [-0.3, -0.25) is 4.72 Å². The van der Waals surface area contributed by atoms with Crippen LogP contribution in [0.3, 0.4) is 0 Å². The second-order valence-electron chi connectivity index (χ2n) is 3.01. The number of anilines is 1. The topological polar surface area (TPSA) is 66.4 Å². The Balaban J connectivity index is 3.05. The first kappa shape index (κ1) is 12.6. The summed E-state index contributed by atoms with van der Waals surface area (Å²) in [7, 11) is -3.30. The van der Waals surface area contributed by atoms with Crippen molar-refractivity contribution in [2.24, 2.45) is 0 Å². The van der Waals surface area contributed by atoms with Gasteiger partial charge in [0, 0.05) is 5.56 Å². The zero-order valence-electron chi connectivity index (χ0n) is 8.90. The standard InChI is InChI=1S/C11H13NO3S/c1-2-16(14,15)12-11-8-4-3-6-10(11)7-5-9-13/h3-4,6,8,12-13H,2,9H2,1H3. The minimum atomic E-state index is -3.30. The van der Waals surface area contributed by atoms with Crippen LogP contribution in [-0.4, -0.2) is 25.9 Å². The lowest BCUT2D eigenvalue weighted by atomic mass is 10.2. The summed E-state index contributed by atoms with van der Waals surface area (Å²) in [5.41, 5.74) is 0.985. The normalized spacial score (nSPS) is 10.4. The van der Waals surface area contributed by atoms with Crippen LogP contribution in [-0.2, 0) is 10.0 Å². The molecule has 0 aliphatic rings. The van der Waals surface area contributed by atoms with E-state index in [1.54, 1.807) is 31.2 Å². The fourth-order valence-corrected chi connectivity index (χ4v) is 1.71. The molecule has 86 valence electrons. The molecule has 16 heavy (non-hydrogen) atoms. The Morgan fingerprint density at radius 1 is 1.38 bits per heavy atom. The number of aliphatic hydroxyl groups excluding tert-OH is 1. The Bertz CT molecular complexity index is 512. The summed E-state index contributed by atoms with van der Waals surface area (Å²) in [5, 5.41) is 8.58. The second-order valence-corrected chi connectivity index (χ2v) is 5.02. The molecule has 0 bridgehead atoms. The molecule has 0 unspecified atom stereocenters. The van der Waals surface area contributed by atoms with E-state index in [1.807, 2.05) is 0 Å². The van der Waals surface area contributed by atoms with E-state index in [0.717, 1.165) is 0 Å². The summed E-state index contributed by atoms with van der Waals surface area (Å²) in [6.07, 6.45) is 0. The molecule has 0 radical (unpaired) electrons. The SMILES string of the molecule is CCS(=O)(=O)Nc1ccccc1C#CCO. The van der Waals surface area contributed by atoms with Crippen molar-refractivity contribution in [3.63, 3.8) is 0 Å². The van der Waals surface area contributed by atoms with Crippen LogP contribution < -0.4 is 4.72 Å². The third kappa shape index (κ3) is 3.57. The molecule has 0 saturated heterocycles. The van der Waals surface area contributed by atoms with Crippen LogP contribution in [0.5, 0.6) is 0 Å². The van der Waals surface area contributed by atoms with Gasteiger partial charge in [-0.05, 0) is 19.1 Å². The molecule has 1 rings (SSSR count). The largest absolute Gasteiger partial charge is 0.384 e. The number of hydrogen-bond donors (Lipinski definition) is 2. The van der Waals surface area contributed by atoms with Gasteiger partial charge in [-0.25, -0.2) is 8.42 Å². The van der Waals surface area contributed by atoms with Crippen LogP contribution in [0, 0.1) is 11.8 Å². The zero-order valence-corrected chi connectivity index (χ0v) is 9.71. The van der Waals surface area contributed by atoms with E-state index in [2.05, 4.69) is 16.6 Å². The van der Waals surface area contributed by atoms with E-state index in [0.29, 0.717) is 11.3 Å². The van der Waals surface area contributed by atoms with E-state index in [-0.39, 0.29) is 12.4 Å². The monoisotopic (exact) mass is 239 g/mol. The van der Waals surface area contributed by atoms with Gasteiger partial charge in [0.2, 0.25) is 10.0 Å². The van der Waals surface area contributed by atoms with Gasteiger partial charge in [0.05, 0.1) is 11.4 Å². The maximum atomic E-state index is 11.4. The maximum Gasteiger partial charge on any atom is 0.232 e. The molecule has 0 saturated carbocycles. The number of sulfonamides is 1. The van der Waals surface area contributed by atoms with Crippen LogP contribution in [0.2, 0.25) is 0 Å². The third-order valence-corrected chi connectivity index (χ3v) is 3.17. The van der Waals surface area contributed by atoms with Crippen LogP contribution >= 0.6 is 0 Å². The Hall–Kier alpha value is -1.51. The van der Waals surface area contributed by atoms with Gasteiger partial charge in [0.25, 0.3) is 0 Å². The molecule has 1 aromatic carbocycles. The number of benzene rings is 1. The average Bonchev–Trinajstić information content (AvgIpc) is 2.27. The van der Waals surface area contributed by atoms with E-state index >= 15 is 0 Å². The fourth-order valence-electron chi connectivity index (χ4n) is 1.06. The summed E-state index contributed by atoms with van der Waals surface area (Å²) in [6.45, 7) is 1.30. The lowest BCUT2D eigenvalue weighted by molar-refractivity contribution is 0.350. The molecule has 0 amide bonds. The van der Waals surface area contributed by atoms with Crippen molar-refractivity contribution in [2.45, 2.75) is 6.92 Å². The average molecular weight is 239 g/mol. The Labute approximate surface area is 95.4 Å². The minimum Gasteiger partial charge on any atom is -0.384 e. The van der Waals surface area contributed by atoms with Gasteiger partial charge in [-0.2, -0.15) is 0 Å². The lowest BCUT2D eigenvalue weighted by Crippen LogP contribution is -2.15. The number of rotatable bonds is 3. The molecule has 0 heterocycles. The van der Waals surface area contributed by atoms with Crippen LogP contribution in [0.15, 0.2) is 24.3 Å². The van der Waals surface area contributed by atoms with Gasteiger partial charge in [0.1, 0.15) is 6.61 Å². The molecular formula is C11H13NO3S. The molecular weight excluding hydrogens is 226 g/mol. The lowest BCUT2D eigenvalue weighted by Gasteiger charge is -2.07. The molecule has 0 aliphatic heterocycles. The van der Waals surface area contributed by atoms with Gasteiger partial charge in [0.15, 0.2) is 0 Å². The summed E-state index contributed by atoms with van der Waals surface area (Å²) in [6, 6.07) is 6.80. The summed E-state index contributed by atoms with van der Waals surface area (Å²) >= 11 is 0. The van der Waals surface area contributed by atoms with E-state index in [9.17, 15) is 8.42 Å². The predicted molar refractivity (Wildman–Crippen MR) is 63.5 cm³/mol. The van der Waals surface area contributed by atoms with Gasteiger partial charge < -0.3 is 5.11 Å². The van der Waals surface area contributed by atoms with Crippen molar-refractivity contribution in [3.8, 4) is 11.8 Å². The van der Waals surface area contributed by atoms with Crippen molar-refractivity contribution >= 4 is 15.7 Å². The van der Waals surface area contributed by atoms with Crippen LogP contribution in [0.1, 0.15) is 12.5 Å². The summed E-state index contributed by atoms with van der Waals surface area (Å²) in [4.78, 5) is 0. The second kappa shape index (κ2) is 5.54. The van der Waals surface area contributed by atoms with Crippen molar-refractivity contribution in [3.05, 3.63) is 29.8 Å². The van der Waals surface area contributed by atoms with E-state index in [4.69, 9.17) is 5.11 Å². The highest BCUT2D eigenvalue weighted by molar-refractivity contribution is 7.92. The molecule has 0 spiro atoms. The summed E-state index contributed by atoms with van der Waals surface area (Å²) in [5.74, 6) is 5.17. The molecule has 1 aromatic rings. The maximum absolute atomic E-state index is 11.4. The Morgan fingerprint density at radius 2 is 2.06 bits per heavy atom. The van der Waals surface area contributed by atoms with Crippen molar-refractivity contribution in [1.82, 2.24) is 0 Å².